The minimum Gasteiger partial charge on any atom is -0.339 e. The summed E-state index contributed by atoms with van der Waals surface area (Å²) in [7, 11) is 0. The zero-order valence-electron chi connectivity index (χ0n) is 14.3. The fourth-order valence-corrected chi connectivity index (χ4v) is 3.66. The standard InChI is InChI=1S/C18H19FN4OS2/c1-2-22(12-13-5-3-6-14(19)11-13)16(24)8-9-23-17(20-21-18(23)25)15-7-4-10-26-15/h3-7,10-11H,2,8-9,12H2,1H3,(H,21,25). The van der Waals surface area contributed by atoms with E-state index in [1.165, 1.54) is 12.1 Å². The molecule has 2 aromatic heterocycles. The van der Waals surface area contributed by atoms with Crippen molar-refractivity contribution in [1.29, 1.82) is 0 Å². The molecule has 2 heterocycles. The van der Waals surface area contributed by atoms with Gasteiger partial charge in [0.25, 0.3) is 0 Å². The Bertz CT molecular complexity index is 933. The number of H-pyrrole nitrogens is 1. The summed E-state index contributed by atoms with van der Waals surface area (Å²) in [4.78, 5) is 15.3. The van der Waals surface area contributed by atoms with E-state index in [0.717, 1.165) is 16.3 Å². The largest absolute Gasteiger partial charge is 0.339 e. The number of thiophene rings is 1. The molecule has 0 aliphatic rings. The molecule has 0 radical (unpaired) electrons. The summed E-state index contributed by atoms with van der Waals surface area (Å²) in [5.74, 6) is 0.444. The quantitative estimate of drug-likeness (QED) is 0.614. The molecule has 0 fully saturated rings. The van der Waals surface area contributed by atoms with Gasteiger partial charge in [0.1, 0.15) is 5.82 Å². The summed E-state index contributed by atoms with van der Waals surface area (Å²) in [6.45, 7) is 3.31. The average molecular weight is 391 g/mol. The zero-order valence-corrected chi connectivity index (χ0v) is 15.9. The molecule has 8 heteroatoms. The average Bonchev–Trinajstić information content (AvgIpc) is 3.27. The molecule has 0 saturated heterocycles. The van der Waals surface area contributed by atoms with Crippen molar-refractivity contribution in [3.8, 4) is 10.7 Å². The highest BCUT2D eigenvalue weighted by Gasteiger charge is 2.15. The zero-order chi connectivity index (χ0) is 18.5. The SMILES string of the molecule is CCN(Cc1cccc(F)c1)C(=O)CCn1c(-c2cccs2)n[nH]c1=S. The number of amides is 1. The van der Waals surface area contributed by atoms with Crippen LogP contribution in [0.3, 0.4) is 0 Å². The maximum Gasteiger partial charge on any atom is 0.224 e. The van der Waals surface area contributed by atoms with Gasteiger partial charge in [-0.05, 0) is 48.3 Å². The molecule has 3 aromatic rings. The van der Waals surface area contributed by atoms with Crippen molar-refractivity contribution in [2.45, 2.75) is 26.4 Å². The Morgan fingerprint density at radius 3 is 2.92 bits per heavy atom. The van der Waals surface area contributed by atoms with Gasteiger partial charge in [-0.25, -0.2) is 4.39 Å². The number of benzene rings is 1. The van der Waals surface area contributed by atoms with Gasteiger partial charge in [0.05, 0.1) is 4.88 Å². The first-order chi connectivity index (χ1) is 12.6. The Balaban J connectivity index is 1.68. The van der Waals surface area contributed by atoms with Crippen molar-refractivity contribution in [1.82, 2.24) is 19.7 Å². The molecule has 0 aliphatic heterocycles. The summed E-state index contributed by atoms with van der Waals surface area (Å²) in [6.07, 6.45) is 0.301. The van der Waals surface area contributed by atoms with E-state index in [0.29, 0.717) is 30.8 Å². The maximum absolute atomic E-state index is 13.4. The Hall–Kier alpha value is -2.32. The number of nitrogens with one attached hydrogen (secondary N) is 1. The Morgan fingerprint density at radius 2 is 2.23 bits per heavy atom. The summed E-state index contributed by atoms with van der Waals surface area (Å²) in [5.41, 5.74) is 0.777. The van der Waals surface area contributed by atoms with Crippen LogP contribution in [0.5, 0.6) is 0 Å². The Morgan fingerprint density at radius 1 is 1.38 bits per heavy atom. The number of carbonyl (C=O) groups is 1. The fourth-order valence-electron chi connectivity index (χ4n) is 2.72. The van der Waals surface area contributed by atoms with Gasteiger partial charge in [-0.3, -0.25) is 14.5 Å². The van der Waals surface area contributed by atoms with E-state index in [-0.39, 0.29) is 11.7 Å². The second-order valence-corrected chi connectivity index (χ2v) is 7.10. The lowest BCUT2D eigenvalue weighted by molar-refractivity contribution is -0.131. The van der Waals surface area contributed by atoms with Crippen molar-refractivity contribution in [3.63, 3.8) is 0 Å². The molecule has 1 amide bonds. The van der Waals surface area contributed by atoms with Crippen LogP contribution in [-0.4, -0.2) is 32.1 Å². The lowest BCUT2D eigenvalue weighted by atomic mass is 10.2. The van der Waals surface area contributed by atoms with Crippen LogP contribution < -0.4 is 0 Å². The number of aromatic amines is 1. The molecule has 0 aliphatic carbocycles. The maximum atomic E-state index is 13.4. The van der Waals surface area contributed by atoms with Crippen molar-refractivity contribution in [2.75, 3.05) is 6.54 Å². The fraction of sp³-hybridized carbons (Fsp3) is 0.278. The van der Waals surface area contributed by atoms with Gasteiger partial charge in [0, 0.05) is 26.1 Å². The molecule has 0 atom stereocenters. The second kappa shape index (κ2) is 8.37. The first kappa shape index (κ1) is 18.5. The van der Waals surface area contributed by atoms with Crippen LogP contribution >= 0.6 is 23.6 Å². The van der Waals surface area contributed by atoms with Crippen molar-refractivity contribution in [3.05, 3.63) is 57.9 Å². The van der Waals surface area contributed by atoms with Crippen LogP contribution in [0.1, 0.15) is 18.9 Å². The monoisotopic (exact) mass is 390 g/mol. The lowest BCUT2D eigenvalue weighted by Crippen LogP contribution is -2.31. The normalized spacial score (nSPS) is 10.8. The number of rotatable bonds is 7. The number of hydrogen-bond acceptors (Lipinski definition) is 4. The predicted molar refractivity (Wildman–Crippen MR) is 103 cm³/mol. The van der Waals surface area contributed by atoms with Crippen LogP contribution in [0.4, 0.5) is 4.39 Å². The third-order valence-electron chi connectivity index (χ3n) is 4.05. The molecule has 1 N–H and O–H groups in total. The molecule has 136 valence electrons. The number of halogens is 1. The van der Waals surface area contributed by atoms with Crippen molar-refractivity contribution < 1.29 is 9.18 Å². The van der Waals surface area contributed by atoms with Crippen LogP contribution in [0, 0.1) is 10.6 Å². The topological polar surface area (TPSA) is 53.9 Å². The summed E-state index contributed by atoms with van der Waals surface area (Å²) >= 11 is 6.87. The number of nitrogens with zero attached hydrogens (tertiary/aromatic N) is 3. The molecule has 0 unspecified atom stereocenters. The van der Waals surface area contributed by atoms with Crippen LogP contribution in [0.2, 0.25) is 0 Å². The van der Waals surface area contributed by atoms with E-state index in [1.54, 1.807) is 22.3 Å². The predicted octanol–water partition coefficient (Wildman–Crippen LogP) is 4.25. The Kier molecular flexibility index (Phi) is 5.95. The van der Waals surface area contributed by atoms with Gasteiger partial charge >= 0.3 is 0 Å². The molecule has 1 aromatic carbocycles. The minimum atomic E-state index is -0.295. The van der Waals surface area contributed by atoms with Gasteiger partial charge < -0.3 is 4.90 Å². The second-order valence-electron chi connectivity index (χ2n) is 5.77. The van der Waals surface area contributed by atoms with Gasteiger partial charge in [-0.1, -0.05) is 18.2 Å². The summed E-state index contributed by atoms with van der Waals surface area (Å²) in [5, 5.41) is 9.04. The summed E-state index contributed by atoms with van der Waals surface area (Å²) in [6, 6.07) is 10.2. The van der Waals surface area contributed by atoms with Gasteiger partial charge in [-0.2, -0.15) is 5.10 Å². The lowest BCUT2D eigenvalue weighted by Gasteiger charge is -2.21. The molecule has 26 heavy (non-hydrogen) atoms. The van der Waals surface area contributed by atoms with E-state index >= 15 is 0 Å². The van der Waals surface area contributed by atoms with E-state index in [1.807, 2.05) is 35.1 Å². The minimum absolute atomic E-state index is 0.00279. The van der Waals surface area contributed by atoms with E-state index in [4.69, 9.17) is 12.2 Å². The molecule has 0 saturated carbocycles. The third-order valence-corrected chi connectivity index (χ3v) is 5.22. The molecular weight excluding hydrogens is 371 g/mol. The molecule has 3 rings (SSSR count). The van der Waals surface area contributed by atoms with Crippen molar-refractivity contribution >= 4 is 29.5 Å². The summed E-state index contributed by atoms with van der Waals surface area (Å²) < 4.78 is 15.7. The first-order valence-corrected chi connectivity index (χ1v) is 9.58. The third kappa shape index (κ3) is 4.25. The molecule has 0 spiro atoms. The highest BCUT2D eigenvalue weighted by Crippen LogP contribution is 2.23. The molecule has 0 bridgehead atoms. The van der Waals surface area contributed by atoms with Crippen LogP contribution in [-0.2, 0) is 17.9 Å². The van der Waals surface area contributed by atoms with Crippen LogP contribution in [0.15, 0.2) is 41.8 Å². The van der Waals surface area contributed by atoms with E-state index < -0.39 is 0 Å². The van der Waals surface area contributed by atoms with E-state index in [2.05, 4.69) is 10.2 Å². The number of aromatic nitrogens is 3. The number of carbonyl (C=O) groups excluding carboxylic acids is 1. The van der Waals surface area contributed by atoms with Gasteiger partial charge in [0.2, 0.25) is 5.91 Å². The van der Waals surface area contributed by atoms with Crippen molar-refractivity contribution in [2.24, 2.45) is 0 Å². The highest BCUT2D eigenvalue weighted by molar-refractivity contribution is 7.71. The van der Waals surface area contributed by atoms with Crippen LogP contribution in [0.25, 0.3) is 10.7 Å². The Labute approximate surface area is 160 Å². The molecular formula is C18H19FN4OS2. The smallest absolute Gasteiger partial charge is 0.224 e. The highest BCUT2D eigenvalue weighted by atomic mass is 32.1. The molecule has 5 nitrogen and oxygen atoms in total. The van der Waals surface area contributed by atoms with E-state index in [9.17, 15) is 9.18 Å². The number of hydrogen-bond donors (Lipinski definition) is 1. The van der Waals surface area contributed by atoms with Gasteiger partial charge in [-0.15, -0.1) is 11.3 Å². The first-order valence-electron chi connectivity index (χ1n) is 8.29. The van der Waals surface area contributed by atoms with Gasteiger partial charge in [0.15, 0.2) is 10.6 Å².